The third-order valence-corrected chi connectivity index (χ3v) is 4.53. The summed E-state index contributed by atoms with van der Waals surface area (Å²) in [6.07, 6.45) is 5.39. The molecule has 1 fully saturated rings. The summed E-state index contributed by atoms with van der Waals surface area (Å²) in [5.41, 5.74) is 0. The Morgan fingerprint density at radius 3 is 2.42 bits per heavy atom. The van der Waals surface area contributed by atoms with Gasteiger partial charge in [-0.05, 0) is 66.6 Å². The van der Waals surface area contributed by atoms with Gasteiger partial charge < -0.3 is 4.74 Å². The van der Waals surface area contributed by atoms with Gasteiger partial charge in [0.1, 0.15) is 5.75 Å². The maximum atomic E-state index is 6.13. The summed E-state index contributed by atoms with van der Waals surface area (Å²) in [4.78, 5) is 0. The minimum absolute atomic E-state index is 0.407. The maximum Gasteiger partial charge on any atom is 0.120 e. The van der Waals surface area contributed by atoms with Crippen LogP contribution in [0, 0.1) is 5.92 Å². The molecule has 0 N–H and O–H groups in total. The molecule has 100 valence electrons. The molecule has 3 rings (SSSR count). The normalized spacial score (nSPS) is 23.5. The quantitative estimate of drug-likeness (QED) is 0.704. The Morgan fingerprint density at radius 2 is 1.63 bits per heavy atom. The second kappa shape index (κ2) is 5.54. The zero-order valence-electron chi connectivity index (χ0n) is 11.2. The Balaban J connectivity index is 1.76. The SMILES string of the molecule is CC1CCC(Oc2ccc3cc(Br)ccc3c2)CC1. The number of benzene rings is 2. The van der Waals surface area contributed by atoms with Gasteiger partial charge in [-0.15, -0.1) is 0 Å². The fraction of sp³-hybridized carbons (Fsp3) is 0.412. The predicted molar refractivity (Wildman–Crippen MR) is 83.7 cm³/mol. The van der Waals surface area contributed by atoms with E-state index in [1.807, 2.05) is 0 Å². The first-order chi connectivity index (χ1) is 9.20. The van der Waals surface area contributed by atoms with E-state index in [0.717, 1.165) is 16.1 Å². The Labute approximate surface area is 123 Å². The second-order valence-corrected chi connectivity index (χ2v) is 6.57. The summed E-state index contributed by atoms with van der Waals surface area (Å²) in [7, 11) is 0. The van der Waals surface area contributed by atoms with Crippen LogP contribution < -0.4 is 4.74 Å². The first kappa shape index (κ1) is 13.0. The van der Waals surface area contributed by atoms with Gasteiger partial charge in [-0.2, -0.15) is 0 Å². The van der Waals surface area contributed by atoms with Crippen molar-refractivity contribution in [2.75, 3.05) is 0 Å². The van der Waals surface area contributed by atoms with Crippen LogP contribution in [0.3, 0.4) is 0 Å². The van der Waals surface area contributed by atoms with Crippen LogP contribution >= 0.6 is 15.9 Å². The van der Waals surface area contributed by atoms with E-state index in [0.29, 0.717) is 6.10 Å². The van der Waals surface area contributed by atoms with Gasteiger partial charge in [0.25, 0.3) is 0 Å². The second-order valence-electron chi connectivity index (χ2n) is 5.65. The molecule has 19 heavy (non-hydrogen) atoms. The third kappa shape index (κ3) is 3.11. The van der Waals surface area contributed by atoms with Crippen LogP contribution in [0.5, 0.6) is 5.75 Å². The van der Waals surface area contributed by atoms with Gasteiger partial charge in [0.15, 0.2) is 0 Å². The van der Waals surface area contributed by atoms with Crippen molar-refractivity contribution in [1.29, 1.82) is 0 Å². The highest BCUT2D eigenvalue weighted by molar-refractivity contribution is 9.10. The van der Waals surface area contributed by atoms with Gasteiger partial charge in [0.2, 0.25) is 0 Å². The lowest BCUT2D eigenvalue weighted by Crippen LogP contribution is -2.22. The van der Waals surface area contributed by atoms with Crippen molar-refractivity contribution in [3.05, 3.63) is 40.9 Å². The molecule has 2 aromatic carbocycles. The maximum absolute atomic E-state index is 6.13. The van der Waals surface area contributed by atoms with Crippen molar-refractivity contribution in [3.63, 3.8) is 0 Å². The summed E-state index contributed by atoms with van der Waals surface area (Å²) in [5.74, 6) is 1.88. The molecule has 0 aliphatic heterocycles. The summed E-state index contributed by atoms with van der Waals surface area (Å²) < 4.78 is 7.25. The van der Waals surface area contributed by atoms with Crippen molar-refractivity contribution in [2.45, 2.75) is 38.7 Å². The van der Waals surface area contributed by atoms with Crippen LogP contribution in [-0.2, 0) is 0 Å². The van der Waals surface area contributed by atoms with Crippen LogP contribution in [0.4, 0.5) is 0 Å². The molecule has 1 aliphatic rings. The molecule has 2 aromatic rings. The lowest BCUT2D eigenvalue weighted by Gasteiger charge is -2.27. The van der Waals surface area contributed by atoms with Crippen molar-refractivity contribution < 1.29 is 4.74 Å². The van der Waals surface area contributed by atoms with Crippen molar-refractivity contribution in [2.24, 2.45) is 5.92 Å². The topological polar surface area (TPSA) is 9.23 Å². The highest BCUT2D eigenvalue weighted by Gasteiger charge is 2.19. The largest absolute Gasteiger partial charge is 0.490 e. The van der Waals surface area contributed by atoms with Crippen LogP contribution in [0.2, 0.25) is 0 Å². The molecule has 0 saturated heterocycles. The van der Waals surface area contributed by atoms with Gasteiger partial charge in [0, 0.05) is 4.47 Å². The number of rotatable bonds is 2. The molecular formula is C17H19BrO. The van der Waals surface area contributed by atoms with E-state index in [4.69, 9.17) is 4.74 Å². The van der Waals surface area contributed by atoms with E-state index in [2.05, 4.69) is 59.3 Å². The highest BCUT2D eigenvalue weighted by atomic mass is 79.9. The standard InChI is InChI=1S/C17H19BrO/c1-12-2-7-16(8-3-12)19-17-9-5-13-10-15(18)6-4-14(13)11-17/h4-6,9-12,16H,2-3,7-8H2,1H3. The number of hydrogen-bond acceptors (Lipinski definition) is 1. The zero-order chi connectivity index (χ0) is 13.2. The molecule has 0 radical (unpaired) electrons. The number of fused-ring (bicyclic) bond motifs is 1. The van der Waals surface area contributed by atoms with Crippen LogP contribution in [0.1, 0.15) is 32.6 Å². The molecule has 0 aromatic heterocycles. The minimum atomic E-state index is 0.407. The van der Waals surface area contributed by atoms with Crippen LogP contribution in [0.15, 0.2) is 40.9 Å². The fourth-order valence-electron chi connectivity index (χ4n) is 2.81. The molecule has 0 atom stereocenters. The summed E-state index contributed by atoms with van der Waals surface area (Å²) in [6, 6.07) is 12.7. The van der Waals surface area contributed by atoms with E-state index in [1.165, 1.54) is 36.5 Å². The number of halogens is 1. The van der Waals surface area contributed by atoms with Gasteiger partial charge >= 0.3 is 0 Å². The number of hydrogen-bond donors (Lipinski definition) is 0. The molecule has 2 heteroatoms. The smallest absolute Gasteiger partial charge is 0.120 e. The molecule has 1 aliphatic carbocycles. The Morgan fingerprint density at radius 1 is 0.947 bits per heavy atom. The Bertz CT molecular complexity index is 570. The van der Waals surface area contributed by atoms with Crippen LogP contribution in [-0.4, -0.2) is 6.10 Å². The number of ether oxygens (including phenoxy) is 1. The molecular weight excluding hydrogens is 300 g/mol. The van der Waals surface area contributed by atoms with E-state index in [-0.39, 0.29) is 0 Å². The van der Waals surface area contributed by atoms with Crippen LogP contribution in [0.25, 0.3) is 10.8 Å². The average Bonchev–Trinajstić information content (AvgIpc) is 2.42. The van der Waals surface area contributed by atoms with E-state index < -0.39 is 0 Å². The molecule has 1 nitrogen and oxygen atoms in total. The predicted octanol–water partition coefficient (Wildman–Crippen LogP) is 5.56. The molecule has 0 bridgehead atoms. The Kier molecular flexibility index (Phi) is 3.79. The lowest BCUT2D eigenvalue weighted by molar-refractivity contribution is 0.136. The van der Waals surface area contributed by atoms with E-state index in [1.54, 1.807) is 0 Å². The summed E-state index contributed by atoms with van der Waals surface area (Å²) in [5, 5.41) is 2.49. The van der Waals surface area contributed by atoms with Gasteiger partial charge in [-0.25, -0.2) is 0 Å². The summed E-state index contributed by atoms with van der Waals surface area (Å²) in [6.45, 7) is 2.34. The molecule has 0 unspecified atom stereocenters. The van der Waals surface area contributed by atoms with E-state index in [9.17, 15) is 0 Å². The fourth-order valence-corrected chi connectivity index (χ4v) is 3.19. The van der Waals surface area contributed by atoms with Crippen molar-refractivity contribution in [3.8, 4) is 5.75 Å². The highest BCUT2D eigenvalue weighted by Crippen LogP contribution is 2.29. The first-order valence-electron chi connectivity index (χ1n) is 7.07. The first-order valence-corrected chi connectivity index (χ1v) is 7.86. The van der Waals surface area contributed by atoms with Gasteiger partial charge in [-0.1, -0.05) is 35.0 Å². The van der Waals surface area contributed by atoms with Crippen molar-refractivity contribution in [1.82, 2.24) is 0 Å². The average molecular weight is 319 g/mol. The third-order valence-electron chi connectivity index (χ3n) is 4.04. The van der Waals surface area contributed by atoms with Gasteiger partial charge in [0.05, 0.1) is 6.10 Å². The molecule has 1 saturated carbocycles. The molecule has 0 amide bonds. The Hall–Kier alpha value is -1.02. The molecule has 0 spiro atoms. The van der Waals surface area contributed by atoms with Gasteiger partial charge in [-0.3, -0.25) is 0 Å². The molecule has 0 heterocycles. The lowest BCUT2D eigenvalue weighted by atomic mass is 9.89. The summed E-state index contributed by atoms with van der Waals surface area (Å²) >= 11 is 3.50. The van der Waals surface area contributed by atoms with Crippen molar-refractivity contribution >= 4 is 26.7 Å². The zero-order valence-corrected chi connectivity index (χ0v) is 12.8. The monoisotopic (exact) mass is 318 g/mol. The van der Waals surface area contributed by atoms with E-state index >= 15 is 0 Å². The minimum Gasteiger partial charge on any atom is -0.490 e.